The van der Waals surface area contributed by atoms with Gasteiger partial charge in [0.15, 0.2) is 23.1 Å². The van der Waals surface area contributed by atoms with Crippen LogP contribution in [0.4, 0.5) is 0 Å². The van der Waals surface area contributed by atoms with Gasteiger partial charge in [-0.15, -0.1) is 0 Å². The predicted molar refractivity (Wildman–Crippen MR) is 415 cm³/mol. The van der Waals surface area contributed by atoms with E-state index in [0.29, 0.717) is 118 Å². The van der Waals surface area contributed by atoms with Crippen LogP contribution in [0.25, 0.3) is 0 Å². The van der Waals surface area contributed by atoms with Gasteiger partial charge in [-0.3, -0.25) is 47.9 Å². The number of carbonyl (C=O) groups excluding carboxylic acids is 9. The molecule has 16 heteroatoms. The highest BCUT2D eigenvalue weighted by Gasteiger charge is 2.71. The number of Topliss-reactive ketones (excluding diaryl/α,β-unsaturated/α-hetero) is 4. The average molecular weight is 1510 g/mol. The van der Waals surface area contributed by atoms with Gasteiger partial charge in [-0.1, -0.05) is 123 Å². The monoisotopic (exact) mass is 1510 g/mol. The summed E-state index contributed by atoms with van der Waals surface area (Å²) in [6.45, 7) is 23.9. The summed E-state index contributed by atoms with van der Waals surface area (Å²) >= 11 is 0. The van der Waals surface area contributed by atoms with Gasteiger partial charge >= 0.3 is 11.9 Å². The molecule has 0 radical (unpaired) electrons. The number of carboxylic acid groups (broad SMARTS) is 1. The number of aliphatic carboxylic acids is 1. The molecule has 0 aromatic rings. The number of esters is 1. The molecule has 4 saturated carbocycles. The fraction of sp³-hybridized carbons (Fsp3) is 0.642. The van der Waals surface area contributed by atoms with Crippen molar-refractivity contribution in [3.63, 3.8) is 0 Å². The maximum atomic E-state index is 13.3. The highest BCUT2D eigenvalue weighted by atomic mass is 16.5. The van der Waals surface area contributed by atoms with Gasteiger partial charge in [0, 0.05) is 84.9 Å². The van der Waals surface area contributed by atoms with Crippen LogP contribution in [-0.4, -0.2) is 115 Å². The van der Waals surface area contributed by atoms with Gasteiger partial charge in [0.05, 0.1) is 52.7 Å². The smallest absolute Gasteiger partial charge is 0.316 e. The number of ether oxygens (including phenoxy) is 1. The molecule has 0 aromatic carbocycles. The molecule has 111 heavy (non-hydrogen) atoms. The Morgan fingerprint density at radius 2 is 0.622 bits per heavy atom. The summed E-state index contributed by atoms with van der Waals surface area (Å²) in [4.78, 5) is 127. The van der Waals surface area contributed by atoms with Crippen LogP contribution in [0.2, 0.25) is 0 Å². The first-order chi connectivity index (χ1) is 52.3. The van der Waals surface area contributed by atoms with Crippen molar-refractivity contribution in [1.82, 2.24) is 0 Å². The lowest BCUT2D eigenvalue weighted by molar-refractivity contribution is -0.151. The lowest BCUT2D eigenvalue weighted by Gasteiger charge is -2.53. The van der Waals surface area contributed by atoms with Crippen molar-refractivity contribution in [2.24, 2.45) is 88.7 Å². The van der Waals surface area contributed by atoms with Crippen molar-refractivity contribution in [2.75, 3.05) is 6.61 Å². The first-order valence-corrected chi connectivity index (χ1v) is 42.4. The molecule has 16 nitrogen and oxygen atoms in total. The average Bonchev–Trinajstić information content (AvgIpc) is 1.58. The van der Waals surface area contributed by atoms with Crippen molar-refractivity contribution in [2.45, 2.75) is 287 Å². The lowest BCUT2D eigenvalue weighted by Crippen LogP contribution is -2.51. The van der Waals surface area contributed by atoms with Gasteiger partial charge in [0.25, 0.3) is 0 Å². The predicted octanol–water partition coefficient (Wildman–Crippen LogP) is 15.3. The minimum Gasteiger partial charge on any atom is -0.481 e. The van der Waals surface area contributed by atoms with Gasteiger partial charge in [-0.2, -0.15) is 0 Å². The molecule has 20 aliphatic rings. The summed E-state index contributed by atoms with van der Waals surface area (Å²) in [7, 11) is 0. The molecule has 4 fully saturated rings. The van der Waals surface area contributed by atoms with E-state index >= 15 is 0 Å². The number of allylic oxidation sites excluding steroid dienone is 16. The Kier molecular flexibility index (Phi) is 17.4. The normalized spacial score (nSPS) is 44.7. The third kappa shape index (κ3) is 9.71. The second-order valence-corrected chi connectivity index (χ2v) is 39.8. The van der Waals surface area contributed by atoms with Gasteiger partial charge in [0.2, 0.25) is 0 Å². The van der Waals surface area contributed by atoms with Gasteiger partial charge in [-0.05, 0) is 248 Å². The third-order valence-electron chi connectivity index (χ3n) is 35.3. The van der Waals surface area contributed by atoms with Crippen LogP contribution in [0, 0.1) is 88.7 Å². The number of aliphatic hydroxyl groups excluding tert-OH is 4. The molecule has 0 heterocycles. The molecule has 0 aliphatic heterocycles. The van der Waals surface area contributed by atoms with E-state index in [4.69, 9.17) is 4.74 Å². The van der Waals surface area contributed by atoms with E-state index in [2.05, 4.69) is 86.6 Å². The molecule has 5 N–H and O–H groups in total. The van der Waals surface area contributed by atoms with Crippen molar-refractivity contribution in [3.8, 4) is 0 Å². The van der Waals surface area contributed by atoms with Crippen molar-refractivity contribution >= 4 is 58.2 Å². The molecule has 8 unspecified atom stereocenters. The van der Waals surface area contributed by atoms with Gasteiger partial charge < -0.3 is 30.3 Å². The van der Waals surface area contributed by atoms with E-state index in [0.717, 1.165) is 142 Å². The first kappa shape index (κ1) is 76.6. The summed E-state index contributed by atoms with van der Waals surface area (Å²) in [6.07, 6.45) is 33.5. The number of aliphatic hydroxyl groups is 4. The molecule has 0 bridgehead atoms. The highest BCUT2D eigenvalue weighted by Crippen LogP contribution is 2.76. The Balaban J connectivity index is 0.000000108. The Morgan fingerprint density at radius 3 is 0.910 bits per heavy atom. The van der Waals surface area contributed by atoms with Crippen LogP contribution >= 0.6 is 0 Å². The summed E-state index contributed by atoms with van der Waals surface area (Å²) in [5.41, 5.74) is 13.1. The molecule has 0 saturated heterocycles. The van der Waals surface area contributed by atoms with E-state index in [1.54, 1.807) is 18.2 Å². The Labute approximate surface area is 652 Å². The number of hydrogen-bond donors (Lipinski definition) is 5. The van der Waals surface area contributed by atoms with Crippen LogP contribution in [0.1, 0.15) is 262 Å². The fourth-order valence-electron chi connectivity index (χ4n) is 28.7. The van der Waals surface area contributed by atoms with Crippen LogP contribution in [0.5, 0.6) is 0 Å². The Bertz CT molecular complexity index is 4650. The van der Waals surface area contributed by atoms with Gasteiger partial charge in [-0.25, -0.2) is 0 Å². The summed E-state index contributed by atoms with van der Waals surface area (Å²) in [5.74, 6) is -2.03. The zero-order valence-electron chi connectivity index (χ0n) is 67.2. The third-order valence-corrected chi connectivity index (χ3v) is 35.3. The topological polar surface area (TPSA) is 281 Å². The number of carboxylic acids is 1. The molecule has 0 amide bonds. The zero-order chi connectivity index (χ0) is 79.2. The summed E-state index contributed by atoms with van der Waals surface area (Å²) in [6, 6.07) is 0. The molecule has 20 rings (SSSR count). The SMILES string of the molecule is CC12CCC(=O)C=C1[C@H](O)[C@@H](C(=O)O)C1=C2CCC23C(=O)CC[C@]2(C)CC=C13.CCCOC(=O)[C@H]1C2=C(CCC34C(=O)CC[C@]3(C)CC=C24)C2(C)CCC(=O)C=C2[C@@H]1O.C[C@H]1C2=C(CCC34C(=O)CC[C@]3(C)CC=C24)C2(C)CCC(=O)C=C2[C@@H]1O.C[C@H]1C2=C(CCC34C(=O)CC[C@]3(C)CC=C24)C2(C)CCC(=O)C=C2[C@@H]1O. The molecular weight excluding hydrogens is 1400 g/mol. The maximum absolute atomic E-state index is 13.3. The van der Waals surface area contributed by atoms with E-state index in [1.165, 1.54) is 39.5 Å². The number of carbonyl (C=O) groups is 10. The second kappa shape index (κ2) is 25.3. The Morgan fingerprint density at radius 1 is 0.360 bits per heavy atom. The van der Waals surface area contributed by atoms with Crippen LogP contribution in [0.15, 0.2) is 138 Å². The Hall–Kier alpha value is -6.98. The standard InChI is InChI=1S/C26H32O5.C23H26O5.2C23H28O3/c1-4-13-31-23(30)21-20-16(25(3)11-5-15(27)14-18(25)22(21)29)7-12-26-17(20)6-9-24(26,2)10-8-19(26)28;1-21-7-4-14-17-13(5-10-23(14,21)16(25)6-8-21)22(2)9-3-12(24)11-15(22)19(26)18(17)20(27)28;2*1-13-19-15(22(3)10-4-14(24)12-17(22)20(13)26)6-11-23-16(19)5-8-21(23,2)9-7-18(23)25/h6,14,21-22,29H,4-5,7-13H2,1-3H3;4,11,18-19,26H,3,5-10H2,1-2H3,(H,27,28);2*5,12-13,20,26H,4,6-11H2,1-3H3/t21-,22-,24-,25?,26?;18-,19-,21-,22?,23?;2*13-,20+,21-,22?,23?/m0000/s1. The van der Waals surface area contributed by atoms with Crippen LogP contribution in [0.3, 0.4) is 0 Å². The van der Waals surface area contributed by atoms with Crippen molar-refractivity contribution in [3.05, 3.63) is 138 Å². The molecular formula is C95H114O16. The molecule has 590 valence electrons. The van der Waals surface area contributed by atoms with E-state index in [9.17, 15) is 73.5 Å². The first-order valence-electron chi connectivity index (χ1n) is 42.4. The number of ketones is 8. The maximum Gasteiger partial charge on any atom is 0.316 e. The number of hydrogen-bond acceptors (Lipinski definition) is 15. The number of rotatable bonds is 4. The molecule has 4 spiro atoms. The van der Waals surface area contributed by atoms with Crippen LogP contribution in [-0.2, 0) is 52.7 Å². The minimum absolute atomic E-state index is 0.00200. The highest BCUT2D eigenvalue weighted by molar-refractivity contribution is 6.00. The van der Waals surface area contributed by atoms with E-state index in [1.807, 2.05) is 13.8 Å². The van der Waals surface area contributed by atoms with Crippen molar-refractivity contribution in [1.29, 1.82) is 0 Å². The lowest BCUT2D eigenvalue weighted by atomic mass is 9.50. The van der Waals surface area contributed by atoms with E-state index < -0.39 is 69.9 Å². The largest absolute Gasteiger partial charge is 0.481 e. The van der Waals surface area contributed by atoms with Gasteiger partial charge in [0.1, 0.15) is 35.0 Å². The zero-order valence-corrected chi connectivity index (χ0v) is 67.2. The molecule has 0 aromatic heterocycles. The summed E-state index contributed by atoms with van der Waals surface area (Å²) in [5, 5.41) is 54.9. The fourth-order valence-corrected chi connectivity index (χ4v) is 28.7. The minimum atomic E-state index is -1.23. The van der Waals surface area contributed by atoms with Crippen molar-refractivity contribution < 1.29 is 78.2 Å². The van der Waals surface area contributed by atoms with E-state index in [-0.39, 0.29) is 89.9 Å². The molecule has 20 atom stereocenters. The quantitative estimate of drug-likeness (QED) is 0.164. The second-order valence-electron chi connectivity index (χ2n) is 39.8. The summed E-state index contributed by atoms with van der Waals surface area (Å²) < 4.78 is 5.54. The number of fused-ring (bicyclic) bond motifs is 12. The molecule has 20 aliphatic carbocycles. The van der Waals surface area contributed by atoms with Crippen LogP contribution < -0.4 is 0 Å².